The Morgan fingerprint density at radius 3 is 0.842 bits per heavy atom. The second-order valence-electron chi connectivity index (χ2n) is 2.59. The van der Waals surface area contributed by atoms with E-state index in [2.05, 4.69) is 19.7 Å². The fourth-order valence-electron chi connectivity index (χ4n) is 0.354. The van der Waals surface area contributed by atoms with Gasteiger partial charge in [-0.25, -0.2) is 0 Å². The molecule has 19 heavy (non-hydrogen) atoms. The Kier molecular flexibility index (Phi) is 34.1. The third-order valence-corrected chi connectivity index (χ3v) is 2.80. The van der Waals surface area contributed by atoms with Gasteiger partial charge in [0.1, 0.15) is 0 Å². The molecule has 0 fully saturated rings. The molecule has 6 nitrogen and oxygen atoms in total. The zero-order valence-electron chi connectivity index (χ0n) is 10.5. The summed E-state index contributed by atoms with van der Waals surface area (Å²) in [6.07, 6.45) is 4.50. The Morgan fingerprint density at radius 1 is 0.684 bits per heavy atom. The Morgan fingerprint density at radius 2 is 0.842 bits per heavy atom. The summed E-state index contributed by atoms with van der Waals surface area (Å²) in [4.78, 5) is 28.8. The second kappa shape index (κ2) is 23.4. The van der Waals surface area contributed by atoms with Crippen molar-refractivity contribution < 1.29 is 28.4 Å². The maximum atomic E-state index is 9.60. The number of rotatable bonds is 6. The van der Waals surface area contributed by atoms with E-state index in [9.17, 15) is 28.4 Å². The molecule has 0 heterocycles. The average molecular weight is 342 g/mol. The van der Waals surface area contributed by atoms with Crippen molar-refractivity contribution in [3.63, 3.8) is 0 Å². The Balaban J connectivity index is -0.0000000865. The first-order valence-electron chi connectivity index (χ1n) is 4.73. The minimum Gasteiger partial charge on any atom is -0.801 e. The molecule has 0 aliphatic heterocycles. The van der Waals surface area contributed by atoms with Gasteiger partial charge in [-0.05, 0) is 0 Å². The van der Waals surface area contributed by atoms with Crippen molar-refractivity contribution >= 4 is 41.4 Å². The fourth-order valence-corrected chi connectivity index (χ4v) is 1.06. The van der Waals surface area contributed by atoms with Crippen LogP contribution in [0.25, 0.3) is 0 Å². The normalized spacial score (nSPS) is 12.8. The summed E-state index contributed by atoms with van der Waals surface area (Å²) in [5.41, 5.74) is 0. The van der Waals surface area contributed by atoms with Crippen LogP contribution < -0.4 is 14.7 Å². The molecule has 10 heteroatoms. The monoisotopic (exact) mass is 342 g/mol. The molecule has 0 aromatic rings. The van der Waals surface area contributed by atoms with Gasteiger partial charge < -0.3 is 28.4 Å². The van der Waals surface area contributed by atoms with Crippen LogP contribution in [0.2, 0.25) is 0 Å². The third-order valence-electron chi connectivity index (χ3n) is 0.933. The van der Waals surface area contributed by atoms with E-state index >= 15 is 0 Å². The Bertz CT molecular complexity index is 261. The van der Waals surface area contributed by atoms with Crippen molar-refractivity contribution in [1.29, 1.82) is 0 Å². The minimum atomic E-state index is -2.50. The van der Waals surface area contributed by atoms with Gasteiger partial charge in [-0.1, -0.05) is 18.2 Å². The molecule has 108 valence electrons. The summed E-state index contributed by atoms with van der Waals surface area (Å²) >= 11 is 0. The van der Waals surface area contributed by atoms with E-state index in [0.717, 1.165) is 0 Å². The summed E-state index contributed by atoms with van der Waals surface area (Å²) in [6, 6.07) is 0. The standard InChI is InChI=1S/3C3H7O2P.Al/c3*1-2-3-6(4)5;/h3*2,6H,1,3H2,(H,4,5);/q;;;+3/p-3. The topological polar surface area (TPSA) is 120 Å². The van der Waals surface area contributed by atoms with Crippen LogP contribution in [0.4, 0.5) is 0 Å². The molecule has 0 aliphatic carbocycles. The van der Waals surface area contributed by atoms with Crippen molar-refractivity contribution in [3.05, 3.63) is 38.0 Å². The van der Waals surface area contributed by atoms with E-state index in [0.29, 0.717) is 0 Å². The molecular weight excluding hydrogens is 324 g/mol. The van der Waals surface area contributed by atoms with E-state index in [1.165, 1.54) is 18.2 Å². The second-order valence-corrected chi connectivity index (χ2v) is 6.05. The molecule has 0 saturated heterocycles. The number of hydrogen-bond donors (Lipinski definition) is 0. The molecule has 0 aromatic carbocycles. The molecule has 0 spiro atoms. The molecule has 0 saturated carbocycles. The first-order chi connectivity index (χ1) is 8.31. The van der Waals surface area contributed by atoms with Crippen molar-refractivity contribution in [3.8, 4) is 0 Å². The summed E-state index contributed by atoms with van der Waals surface area (Å²) in [5.74, 6) is 0. The molecular formula is C9H18AlO6P3. The van der Waals surface area contributed by atoms with Gasteiger partial charge in [-0.3, -0.25) is 0 Å². The van der Waals surface area contributed by atoms with Crippen LogP contribution in [0.5, 0.6) is 0 Å². The molecule has 0 N–H and O–H groups in total. The Hall–Kier alpha value is 0.322. The zero-order chi connectivity index (χ0) is 15.0. The predicted octanol–water partition coefficient (Wildman–Crippen LogP) is -0.359. The maximum absolute atomic E-state index is 9.60. The van der Waals surface area contributed by atoms with Gasteiger partial charge in [0.15, 0.2) is 0 Å². The fraction of sp³-hybridized carbons (Fsp3) is 0.333. The van der Waals surface area contributed by atoms with Crippen LogP contribution in [0.15, 0.2) is 38.0 Å². The van der Waals surface area contributed by atoms with E-state index in [4.69, 9.17) is 0 Å². The smallest absolute Gasteiger partial charge is 0.801 e. The van der Waals surface area contributed by atoms with Gasteiger partial charge in [0, 0.05) is 42.6 Å². The molecule has 3 unspecified atom stereocenters. The SMILES string of the molecule is C=CC[PH](=O)[O-].C=CC[PH](=O)[O-].C=CC[PH](=O)[O-].[Al+3]. The van der Waals surface area contributed by atoms with Gasteiger partial charge in [0.2, 0.25) is 0 Å². The van der Waals surface area contributed by atoms with Crippen LogP contribution in [-0.2, 0) is 13.7 Å². The predicted molar refractivity (Wildman–Crippen MR) is 78.0 cm³/mol. The quantitative estimate of drug-likeness (QED) is 0.369. The van der Waals surface area contributed by atoms with Crippen molar-refractivity contribution in [2.75, 3.05) is 18.5 Å². The molecule has 0 aliphatic rings. The maximum Gasteiger partial charge on any atom is 3.00 e. The largest absolute Gasteiger partial charge is 3.00 e. The minimum absolute atomic E-state index is 0. The summed E-state index contributed by atoms with van der Waals surface area (Å²) in [5, 5.41) is 0. The number of hydrogen-bond acceptors (Lipinski definition) is 6. The first kappa shape index (κ1) is 27.6. The van der Waals surface area contributed by atoms with E-state index in [1.807, 2.05) is 0 Å². The van der Waals surface area contributed by atoms with E-state index in [1.54, 1.807) is 0 Å². The van der Waals surface area contributed by atoms with Crippen molar-refractivity contribution in [2.24, 2.45) is 0 Å². The van der Waals surface area contributed by atoms with Crippen LogP contribution in [0, 0.1) is 0 Å². The third kappa shape index (κ3) is 56.2. The van der Waals surface area contributed by atoms with Gasteiger partial charge in [0.05, 0.1) is 0 Å². The van der Waals surface area contributed by atoms with Crippen LogP contribution >= 0.6 is 24.1 Å². The van der Waals surface area contributed by atoms with Gasteiger partial charge in [-0.15, -0.1) is 19.7 Å². The molecule has 0 bridgehead atoms. The zero-order valence-corrected chi connectivity index (χ0v) is 14.7. The average Bonchev–Trinajstić information content (AvgIpc) is 2.18. The van der Waals surface area contributed by atoms with Crippen LogP contribution in [0.1, 0.15) is 0 Å². The summed E-state index contributed by atoms with van der Waals surface area (Å²) in [6.45, 7) is 9.68. The van der Waals surface area contributed by atoms with Gasteiger partial charge >= 0.3 is 17.4 Å². The molecule has 0 rings (SSSR count). The molecule has 0 aromatic heterocycles. The van der Waals surface area contributed by atoms with Crippen molar-refractivity contribution in [1.82, 2.24) is 0 Å². The van der Waals surface area contributed by atoms with Gasteiger partial charge in [0.25, 0.3) is 0 Å². The summed E-state index contributed by atoms with van der Waals surface area (Å²) in [7, 11) is -7.51. The van der Waals surface area contributed by atoms with Crippen LogP contribution in [0.3, 0.4) is 0 Å². The van der Waals surface area contributed by atoms with E-state index in [-0.39, 0.29) is 35.8 Å². The molecule has 0 amide bonds. The molecule has 3 atom stereocenters. The first-order valence-corrected chi connectivity index (χ1v) is 9.31. The van der Waals surface area contributed by atoms with Gasteiger partial charge in [-0.2, -0.15) is 0 Å². The molecule has 0 radical (unpaired) electrons. The Labute approximate surface area is 126 Å². The van der Waals surface area contributed by atoms with E-state index < -0.39 is 24.1 Å². The van der Waals surface area contributed by atoms with Crippen LogP contribution in [-0.4, -0.2) is 35.8 Å². The number of allylic oxidation sites excluding steroid dienone is 3. The van der Waals surface area contributed by atoms with Crippen molar-refractivity contribution in [2.45, 2.75) is 0 Å². The summed E-state index contributed by atoms with van der Waals surface area (Å²) < 4.78 is 28.8.